The molecule has 0 N–H and O–H groups in total. The highest BCUT2D eigenvalue weighted by molar-refractivity contribution is 5.98. The van der Waals surface area contributed by atoms with E-state index >= 15 is 0 Å². The van der Waals surface area contributed by atoms with Gasteiger partial charge in [0, 0.05) is 25.7 Å². The second kappa shape index (κ2) is 6.94. The highest BCUT2D eigenvalue weighted by Crippen LogP contribution is 2.24. The molecule has 0 bridgehead atoms. The van der Waals surface area contributed by atoms with Crippen LogP contribution < -0.4 is 0 Å². The molecule has 0 aliphatic carbocycles. The Morgan fingerprint density at radius 2 is 2.00 bits per heavy atom. The van der Waals surface area contributed by atoms with Crippen molar-refractivity contribution < 1.29 is 9.59 Å². The molecule has 2 amide bonds. The van der Waals surface area contributed by atoms with Gasteiger partial charge in [-0.1, -0.05) is 43.7 Å². The van der Waals surface area contributed by atoms with Gasteiger partial charge in [-0.2, -0.15) is 5.10 Å². The molecule has 3 rings (SSSR count). The lowest BCUT2D eigenvalue weighted by atomic mass is 10.0. The lowest BCUT2D eigenvalue weighted by Crippen LogP contribution is -2.36. The number of hydrazone groups is 1. The average molecular weight is 313 g/mol. The van der Waals surface area contributed by atoms with Crippen LogP contribution in [-0.2, 0) is 16.1 Å². The van der Waals surface area contributed by atoms with Gasteiger partial charge in [-0.25, -0.2) is 5.01 Å². The van der Waals surface area contributed by atoms with Gasteiger partial charge in [-0.15, -0.1) is 0 Å². The van der Waals surface area contributed by atoms with Crippen LogP contribution in [0.25, 0.3) is 0 Å². The standard InChI is InChI=1S/C18H23N3O2/c1-2-6-15-9-17(22)20(11-15)13-16-10-19-21(18(16)23)12-14-7-4-3-5-8-14/h3-5,7-8,10,15-16H,2,6,9,11-13H2,1H3. The molecule has 5 heteroatoms. The van der Waals surface area contributed by atoms with Crippen molar-refractivity contribution in [2.45, 2.75) is 32.7 Å². The van der Waals surface area contributed by atoms with Crippen molar-refractivity contribution in [1.82, 2.24) is 9.91 Å². The molecule has 2 heterocycles. The summed E-state index contributed by atoms with van der Waals surface area (Å²) in [7, 11) is 0. The van der Waals surface area contributed by atoms with Crippen LogP contribution in [0.3, 0.4) is 0 Å². The molecule has 2 atom stereocenters. The molecule has 122 valence electrons. The Labute approximate surface area is 137 Å². The van der Waals surface area contributed by atoms with Crippen molar-refractivity contribution in [2.24, 2.45) is 16.9 Å². The quantitative estimate of drug-likeness (QED) is 0.809. The van der Waals surface area contributed by atoms with Gasteiger partial charge >= 0.3 is 0 Å². The number of carbonyl (C=O) groups is 2. The van der Waals surface area contributed by atoms with Gasteiger partial charge in [0.25, 0.3) is 5.91 Å². The van der Waals surface area contributed by atoms with Gasteiger partial charge in [-0.3, -0.25) is 9.59 Å². The van der Waals surface area contributed by atoms with Gasteiger partial charge in [0.15, 0.2) is 0 Å². The van der Waals surface area contributed by atoms with E-state index in [0.717, 1.165) is 24.9 Å². The first-order chi connectivity index (χ1) is 11.2. The SMILES string of the molecule is CCCC1CC(=O)N(CC2C=NN(Cc3ccccc3)C2=O)C1. The Bertz CT molecular complexity index is 600. The van der Waals surface area contributed by atoms with E-state index in [9.17, 15) is 9.59 Å². The zero-order valence-corrected chi connectivity index (χ0v) is 13.5. The molecular weight excluding hydrogens is 290 g/mol. The van der Waals surface area contributed by atoms with E-state index in [1.165, 1.54) is 5.01 Å². The third kappa shape index (κ3) is 3.60. The molecule has 23 heavy (non-hydrogen) atoms. The summed E-state index contributed by atoms with van der Waals surface area (Å²) >= 11 is 0. The predicted molar refractivity (Wildman–Crippen MR) is 88.6 cm³/mol. The van der Waals surface area contributed by atoms with Crippen LogP contribution in [0.1, 0.15) is 31.7 Å². The van der Waals surface area contributed by atoms with E-state index in [0.29, 0.717) is 25.4 Å². The van der Waals surface area contributed by atoms with Gasteiger partial charge in [0.05, 0.1) is 12.5 Å². The van der Waals surface area contributed by atoms with Crippen LogP contribution in [0, 0.1) is 11.8 Å². The minimum atomic E-state index is -0.303. The van der Waals surface area contributed by atoms with E-state index in [1.807, 2.05) is 35.2 Å². The minimum absolute atomic E-state index is 0.0133. The molecule has 1 aromatic rings. The Morgan fingerprint density at radius 3 is 2.74 bits per heavy atom. The Morgan fingerprint density at radius 1 is 1.22 bits per heavy atom. The monoisotopic (exact) mass is 313 g/mol. The number of carbonyl (C=O) groups excluding carboxylic acids is 2. The maximum atomic E-state index is 12.5. The number of amides is 2. The second-order valence-corrected chi connectivity index (χ2v) is 6.41. The van der Waals surface area contributed by atoms with E-state index in [-0.39, 0.29) is 17.7 Å². The van der Waals surface area contributed by atoms with Crippen molar-refractivity contribution in [1.29, 1.82) is 0 Å². The molecule has 0 spiro atoms. The number of rotatable bonds is 6. The van der Waals surface area contributed by atoms with Gasteiger partial charge in [0.1, 0.15) is 0 Å². The van der Waals surface area contributed by atoms with Crippen molar-refractivity contribution in [2.75, 3.05) is 13.1 Å². The largest absolute Gasteiger partial charge is 0.341 e. The average Bonchev–Trinajstić information content (AvgIpc) is 3.06. The Kier molecular flexibility index (Phi) is 4.74. The molecule has 5 nitrogen and oxygen atoms in total. The molecule has 2 unspecified atom stereocenters. The summed E-state index contributed by atoms with van der Waals surface area (Å²) in [6, 6.07) is 9.82. The van der Waals surface area contributed by atoms with E-state index in [4.69, 9.17) is 0 Å². The highest BCUT2D eigenvalue weighted by atomic mass is 16.2. The smallest absolute Gasteiger partial charge is 0.253 e. The molecule has 0 radical (unpaired) electrons. The van der Waals surface area contributed by atoms with Crippen molar-refractivity contribution in [3.05, 3.63) is 35.9 Å². The third-order valence-electron chi connectivity index (χ3n) is 4.54. The normalized spacial score (nSPS) is 24.0. The molecule has 1 aromatic carbocycles. The van der Waals surface area contributed by atoms with Crippen LogP contribution >= 0.6 is 0 Å². The van der Waals surface area contributed by atoms with Crippen LogP contribution in [0.15, 0.2) is 35.4 Å². The number of hydrogen-bond donors (Lipinski definition) is 0. The molecule has 1 saturated heterocycles. The van der Waals surface area contributed by atoms with Crippen LogP contribution in [-0.4, -0.2) is 41.0 Å². The number of benzene rings is 1. The topological polar surface area (TPSA) is 53.0 Å². The Balaban J connectivity index is 1.56. The summed E-state index contributed by atoms with van der Waals surface area (Å²) in [6.45, 7) is 3.87. The zero-order chi connectivity index (χ0) is 16.2. The number of hydrogen-bond acceptors (Lipinski definition) is 3. The zero-order valence-electron chi connectivity index (χ0n) is 13.5. The Hall–Kier alpha value is -2.17. The first-order valence-electron chi connectivity index (χ1n) is 8.34. The van der Waals surface area contributed by atoms with Gasteiger partial charge in [0.2, 0.25) is 5.91 Å². The summed E-state index contributed by atoms with van der Waals surface area (Å²) in [4.78, 5) is 26.4. The minimum Gasteiger partial charge on any atom is -0.341 e. The number of nitrogens with zero attached hydrogens (tertiary/aromatic N) is 3. The fourth-order valence-corrected chi connectivity index (χ4v) is 3.34. The third-order valence-corrected chi connectivity index (χ3v) is 4.54. The molecule has 1 fully saturated rings. The predicted octanol–water partition coefficient (Wildman–Crippen LogP) is 2.28. The highest BCUT2D eigenvalue weighted by Gasteiger charge is 2.35. The summed E-state index contributed by atoms with van der Waals surface area (Å²) in [5, 5.41) is 5.74. The summed E-state index contributed by atoms with van der Waals surface area (Å²) in [5.41, 5.74) is 1.05. The molecule has 2 aliphatic rings. The van der Waals surface area contributed by atoms with Gasteiger partial charge < -0.3 is 4.90 Å². The summed E-state index contributed by atoms with van der Waals surface area (Å²) in [5.74, 6) is 0.302. The first kappa shape index (κ1) is 15.7. The summed E-state index contributed by atoms with van der Waals surface area (Å²) in [6.07, 6.45) is 4.49. The van der Waals surface area contributed by atoms with Gasteiger partial charge in [-0.05, 0) is 17.9 Å². The second-order valence-electron chi connectivity index (χ2n) is 6.41. The fraction of sp³-hybridized carbons (Fsp3) is 0.500. The lowest BCUT2D eigenvalue weighted by Gasteiger charge is -2.20. The molecule has 0 aromatic heterocycles. The van der Waals surface area contributed by atoms with E-state index in [1.54, 1.807) is 6.21 Å². The molecule has 2 aliphatic heterocycles. The molecular formula is C18H23N3O2. The van der Waals surface area contributed by atoms with Crippen molar-refractivity contribution in [3.8, 4) is 0 Å². The molecule has 0 saturated carbocycles. The maximum Gasteiger partial charge on any atom is 0.253 e. The van der Waals surface area contributed by atoms with Crippen LogP contribution in [0.5, 0.6) is 0 Å². The van der Waals surface area contributed by atoms with Crippen LogP contribution in [0.2, 0.25) is 0 Å². The lowest BCUT2D eigenvalue weighted by molar-refractivity contribution is -0.134. The van der Waals surface area contributed by atoms with Crippen molar-refractivity contribution in [3.63, 3.8) is 0 Å². The van der Waals surface area contributed by atoms with Crippen molar-refractivity contribution >= 4 is 18.0 Å². The first-order valence-corrected chi connectivity index (χ1v) is 8.34. The number of likely N-dealkylation sites (tertiary alicyclic amines) is 1. The van der Waals surface area contributed by atoms with E-state index in [2.05, 4.69) is 12.0 Å². The van der Waals surface area contributed by atoms with Crippen LogP contribution in [0.4, 0.5) is 0 Å². The maximum absolute atomic E-state index is 12.5. The van der Waals surface area contributed by atoms with E-state index < -0.39 is 0 Å². The fourth-order valence-electron chi connectivity index (χ4n) is 3.34. The summed E-state index contributed by atoms with van der Waals surface area (Å²) < 4.78 is 0.